The topological polar surface area (TPSA) is 75.4 Å². The normalized spacial score (nSPS) is 16.0. The second-order valence-corrected chi connectivity index (χ2v) is 8.21. The van der Waals surface area contributed by atoms with E-state index in [1.807, 2.05) is 42.5 Å². The number of carbonyl (C=O) groups is 2. The van der Waals surface area contributed by atoms with Gasteiger partial charge in [-0.25, -0.2) is 4.39 Å². The summed E-state index contributed by atoms with van der Waals surface area (Å²) in [6.45, 7) is 0.983. The van der Waals surface area contributed by atoms with Crippen LogP contribution >= 0.6 is 0 Å². The van der Waals surface area contributed by atoms with E-state index in [1.54, 1.807) is 23.1 Å². The summed E-state index contributed by atoms with van der Waals surface area (Å²) < 4.78 is 18.4. The Morgan fingerprint density at radius 2 is 1.79 bits per heavy atom. The summed E-state index contributed by atoms with van der Waals surface area (Å²) in [5, 5.41) is 9.05. The standard InChI is InChI=1S/C26H22FN3O3/c27-21-11-9-18(10-12-21)24-15-23(29-33-24)26(32)30-13-3-6-22(16-30)28-25(31)20-8-7-17-4-1-2-5-19(17)14-20/h1-2,4-5,7-12,14-15,22H,3,6,13,16H2,(H,28,31). The highest BCUT2D eigenvalue weighted by Gasteiger charge is 2.27. The molecule has 1 aromatic heterocycles. The smallest absolute Gasteiger partial charge is 0.276 e. The van der Waals surface area contributed by atoms with Crippen molar-refractivity contribution in [2.24, 2.45) is 0 Å². The summed E-state index contributed by atoms with van der Waals surface area (Å²) in [4.78, 5) is 27.5. The maximum absolute atomic E-state index is 13.1. The zero-order valence-corrected chi connectivity index (χ0v) is 17.8. The summed E-state index contributed by atoms with van der Waals surface area (Å²) in [7, 11) is 0. The van der Waals surface area contributed by atoms with Crippen LogP contribution in [0.25, 0.3) is 22.1 Å². The summed E-state index contributed by atoms with van der Waals surface area (Å²) in [5.41, 5.74) is 1.43. The van der Waals surface area contributed by atoms with Gasteiger partial charge in [-0.05, 0) is 60.0 Å². The molecule has 0 bridgehead atoms. The molecular weight excluding hydrogens is 421 g/mol. The number of nitrogens with one attached hydrogen (secondary N) is 1. The third-order valence-electron chi connectivity index (χ3n) is 5.91. The maximum atomic E-state index is 13.1. The number of nitrogens with zero attached hydrogens (tertiary/aromatic N) is 2. The van der Waals surface area contributed by atoms with E-state index in [0.29, 0.717) is 30.0 Å². The number of piperidine rings is 1. The molecule has 0 radical (unpaired) electrons. The van der Waals surface area contributed by atoms with Crippen molar-refractivity contribution in [1.82, 2.24) is 15.4 Å². The van der Waals surface area contributed by atoms with Crippen molar-refractivity contribution in [2.75, 3.05) is 13.1 Å². The van der Waals surface area contributed by atoms with Gasteiger partial charge < -0.3 is 14.7 Å². The Kier molecular flexibility index (Phi) is 5.60. The second-order valence-electron chi connectivity index (χ2n) is 8.21. The SMILES string of the molecule is O=C(NC1CCCN(C(=O)c2cc(-c3ccc(F)cc3)on2)C1)c1ccc2ccccc2c1. The number of halogens is 1. The monoisotopic (exact) mass is 443 g/mol. The van der Waals surface area contributed by atoms with Crippen molar-refractivity contribution in [2.45, 2.75) is 18.9 Å². The van der Waals surface area contributed by atoms with Crippen molar-refractivity contribution < 1.29 is 18.5 Å². The van der Waals surface area contributed by atoms with Crippen LogP contribution in [0, 0.1) is 5.82 Å². The average molecular weight is 443 g/mol. The molecule has 1 aliphatic rings. The molecule has 1 saturated heterocycles. The number of carbonyl (C=O) groups excluding carboxylic acids is 2. The molecule has 33 heavy (non-hydrogen) atoms. The number of fused-ring (bicyclic) bond motifs is 1. The number of hydrogen-bond donors (Lipinski definition) is 1. The van der Waals surface area contributed by atoms with Gasteiger partial charge in [0, 0.05) is 36.3 Å². The van der Waals surface area contributed by atoms with Crippen molar-refractivity contribution in [3.8, 4) is 11.3 Å². The summed E-state index contributed by atoms with van der Waals surface area (Å²) in [5.74, 6) is -0.354. The average Bonchev–Trinajstić information content (AvgIpc) is 3.34. The largest absolute Gasteiger partial charge is 0.355 e. The van der Waals surface area contributed by atoms with Gasteiger partial charge in [-0.1, -0.05) is 35.5 Å². The van der Waals surface area contributed by atoms with Crippen LogP contribution in [0.4, 0.5) is 4.39 Å². The molecule has 6 nitrogen and oxygen atoms in total. The van der Waals surface area contributed by atoms with Crippen LogP contribution in [-0.4, -0.2) is 41.0 Å². The molecule has 3 aromatic carbocycles. The molecule has 2 amide bonds. The lowest BCUT2D eigenvalue weighted by molar-refractivity contribution is 0.0666. The van der Waals surface area contributed by atoms with E-state index in [4.69, 9.17) is 4.52 Å². The van der Waals surface area contributed by atoms with Crippen molar-refractivity contribution >= 4 is 22.6 Å². The molecule has 166 valence electrons. The molecule has 1 fully saturated rings. The fourth-order valence-corrected chi connectivity index (χ4v) is 4.17. The fourth-order valence-electron chi connectivity index (χ4n) is 4.17. The first kappa shape index (κ1) is 20.9. The van der Waals surface area contributed by atoms with E-state index in [1.165, 1.54) is 12.1 Å². The van der Waals surface area contributed by atoms with Gasteiger partial charge in [0.25, 0.3) is 11.8 Å². The zero-order valence-electron chi connectivity index (χ0n) is 17.8. The van der Waals surface area contributed by atoms with Gasteiger partial charge in [0.2, 0.25) is 0 Å². The Bertz CT molecular complexity index is 1320. The first-order valence-corrected chi connectivity index (χ1v) is 10.9. The molecule has 1 N–H and O–H groups in total. The number of hydrogen-bond acceptors (Lipinski definition) is 4. The molecule has 1 unspecified atom stereocenters. The van der Waals surface area contributed by atoms with Gasteiger partial charge in [-0.3, -0.25) is 9.59 Å². The minimum atomic E-state index is -0.348. The van der Waals surface area contributed by atoms with Crippen LogP contribution in [0.3, 0.4) is 0 Å². The lowest BCUT2D eigenvalue weighted by Crippen LogP contribution is -2.49. The summed E-state index contributed by atoms with van der Waals surface area (Å²) in [6, 6.07) is 20.7. The Balaban J connectivity index is 1.25. The van der Waals surface area contributed by atoms with E-state index in [0.717, 1.165) is 23.6 Å². The highest BCUT2D eigenvalue weighted by atomic mass is 19.1. The van der Waals surface area contributed by atoms with E-state index in [9.17, 15) is 14.0 Å². The van der Waals surface area contributed by atoms with E-state index in [-0.39, 0.29) is 29.4 Å². The van der Waals surface area contributed by atoms with Crippen LogP contribution in [0.15, 0.2) is 77.3 Å². The zero-order chi connectivity index (χ0) is 22.8. The Morgan fingerprint density at radius 3 is 2.61 bits per heavy atom. The molecule has 5 rings (SSSR count). The first-order chi connectivity index (χ1) is 16.1. The fraction of sp³-hybridized carbons (Fsp3) is 0.192. The number of likely N-dealkylation sites (tertiary alicyclic amines) is 1. The molecule has 1 atom stereocenters. The molecule has 1 aliphatic heterocycles. The number of benzene rings is 3. The van der Waals surface area contributed by atoms with Crippen molar-refractivity contribution in [3.63, 3.8) is 0 Å². The van der Waals surface area contributed by atoms with Crippen LogP contribution in [0.5, 0.6) is 0 Å². The molecule has 0 aliphatic carbocycles. The van der Waals surface area contributed by atoms with Crippen LogP contribution < -0.4 is 5.32 Å². The lowest BCUT2D eigenvalue weighted by atomic mass is 10.0. The van der Waals surface area contributed by atoms with Crippen molar-refractivity contribution in [3.05, 3.63) is 89.9 Å². The van der Waals surface area contributed by atoms with Crippen LogP contribution in [-0.2, 0) is 0 Å². The summed E-state index contributed by atoms with van der Waals surface area (Å²) >= 11 is 0. The molecule has 2 heterocycles. The van der Waals surface area contributed by atoms with E-state index >= 15 is 0 Å². The highest BCUT2D eigenvalue weighted by Crippen LogP contribution is 2.22. The maximum Gasteiger partial charge on any atom is 0.276 e. The highest BCUT2D eigenvalue weighted by molar-refractivity contribution is 5.99. The van der Waals surface area contributed by atoms with E-state index < -0.39 is 0 Å². The minimum Gasteiger partial charge on any atom is -0.355 e. The van der Waals surface area contributed by atoms with Gasteiger partial charge in [-0.15, -0.1) is 0 Å². The Labute approximate surface area is 190 Å². The third-order valence-corrected chi connectivity index (χ3v) is 5.91. The number of aromatic nitrogens is 1. The van der Waals surface area contributed by atoms with Crippen LogP contribution in [0.2, 0.25) is 0 Å². The van der Waals surface area contributed by atoms with Gasteiger partial charge in [0.15, 0.2) is 11.5 Å². The Hall–Kier alpha value is -4.00. The quantitative estimate of drug-likeness (QED) is 0.497. The predicted octanol–water partition coefficient (Wildman–Crippen LogP) is 4.67. The van der Waals surface area contributed by atoms with Crippen molar-refractivity contribution in [1.29, 1.82) is 0 Å². The van der Waals surface area contributed by atoms with Gasteiger partial charge in [-0.2, -0.15) is 0 Å². The predicted molar refractivity (Wildman–Crippen MR) is 122 cm³/mol. The van der Waals surface area contributed by atoms with Gasteiger partial charge in [0.05, 0.1) is 0 Å². The Morgan fingerprint density at radius 1 is 1.00 bits per heavy atom. The molecular formula is C26H22FN3O3. The van der Waals surface area contributed by atoms with Gasteiger partial charge >= 0.3 is 0 Å². The first-order valence-electron chi connectivity index (χ1n) is 10.9. The molecule has 0 spiro atoms. The lowest BCUT2D eigenvalue weighted by Gasteiger charge is -2.32. The second kappa shape index (κ2) is 8.86. The van der Waals surface area contributed by atoms with Gasteiger partial charge in [0.1, 0.15) is 5.82 Å². The van der Waals surface area contributed by atoms with E-state index in [2.05, 4.69) is 10.5 Å². The third kappa shape index (κ3) is 4.48. The minimum absolute atomic E-state index is 0.148. The number of amides is 2. The number of rotatable bonds is 4. The summed E-state index contributed by atoms with van der Waals surface area (Å²) in [6.07, 6.45) is 1.57. The molecule has 0 saturated carbocycles. The molecule has 4 aromatic rings. The molecule has 7 heteroatoms. The van der Waals surface area contributed by atoms with Crippen LogP contribution in [0.1, 0.15) is 33.7 Å².